The molecule has 4 aromatic rings. The number of nitrogens with zero attached hydrogens (tertiary/aromatic N) is 3. The van der Waals surface area contributed by atoms with Gasteiger partial charge in [-0.2, -0.15) is 13.1 Å². The molecule has 1 N–H and O–H groups in total. The third-order valence-electron chi connectivity index (χ3n) is 5.75. The third-order valence-corrected chi connectivity index (χ3v) is 8.12. The van der Waals surface area contributed by atoms with E-state index in [-0.39, 0.29) is 24.6 Å². The summed E-state index contributed by atoms with van der Waals surface area (Å²) in [5.74, 6) is -0.458. The molecule has 0 aliphatic rings. The van der Waals surface area contributed by atoms with E-state index >= 15 is 0 Å². The smallest absolute Gasteiger partial charge is 0.355 e. The summed E-state index contributed by atoms with van der Waals surface area (Å²) in [5.41, 5.74) is 5.32. The second-order valence-electron chi connectivity index (χ2n) is 8.10. The summed E-state index contributed by atoms with van der Waals surface area (Å²) in [4.78, 5) is 15.6. The Hall–Kier alpha value is -3.08. The van der Waals surface area contributed by atoms with Gasteiger partial charge in [-0.1, -0.05) is 35.9 Å². The quantitative estimate of drug-likeness (QED) is 0.358. The first kappa shape index (κ1) is 24.1. The summed E-state index contributed by atoms with van der Waals surface area (Å²) in [7, 11) is -3.95. The van der Waals surface area contributed by atoms with Gasteiger partial charge in [-0.3, -0.25) is 0 Å². The van der Waals surface area contributed by atoms with E-state index in [9.17, 15) is 13.2 Å². The van der Waals surface area contributed by atoms with Gasteiger partial charge in [0.15, 0.2) is 0 Å². The highest BCUT2D eigenvalue weighted by atomic mass is 32.2. The maximum absolute atomic E-state index is 13.9. The van der Waals surface area contributed by atoms with Crippen LogP contribution in [0.15, 0.2) is 47.4 Å². The van der Waals surface area contributed by atoms with Crippen LogP contribution in [0.25, 0.3) is 11.0 Å². The number of ether oxygens (including phenoxy) is 1. The molecule has 0 amide bonds. The van der Waals surface area contributed by atoms with Crippen LogP contribution in [-0.4, -0.2) is 39.0 Å². The first-order valence-corrected chi connectivity index (χ1v) is 13.0. The van der Waals surface area contributed by atoms with E-state index in [4.69, 9.17) is 4.74 Å². The van der Waals surface area contributed by atoms with Gasteiger partial charge < -0.3 is 9.72 Å². The van der Waals surface area contributed by atoms with Gasteiger partial charge in [0.05, 0.1) is 18.3 Å². The van der Waals surface area contributed by atoms with E-state index in [1.54, 1.807) is 32.0 Å². The number of aromatic amines is 1. The Labute approximate surface area is 203 Å². The maximum atomic E-state index is 13.9. The van der Waals surface area contributed by atoms with Crippen LogP contribution in [-0.2, 0) is 27.8 Å². The number of carbonyl (C=O) groups excluding carboxylic acids is 1. The number of benzene rings is 2. The van der Waals surface area contributed by atoms with Crippen molar-refractivity contribution in [2.24, 2.45) is 0 Å². The average molecular weight is 499 g/mol. The van der Waals surface area contributed by atoms with E-state index in [2.05, 4.69) is 13.7 Å². The monoisotopic (exact) mass is 498 g/mol. The van der Waals surface area contributed by atoms with Crippen LogP contribution in [0.1, 0.15) is 45.4 Å². The Bertz CT molecular complexity index is 1440. The lowest BCUT2D eigenvalue weighted by atomic mass is 10.1. The molecule has 0 bridgehead atoms. The Kier molecular flexibility index (Phi) is 6.83. The van der Waals surface area contributed by atoms with Crippen molar-refractivity contribution in [1.82, 2.24) is 18.0 Å². The predicted octanol–water partition coefficient (Wildman–Crippen LogP) is 4.51. The fraction of sp³-hybridized carbons (Fsp3) is 0.292. The van der Waals surface area contributed by atoms with E-state index < -0.39 is 16.0 Å². The second kappa shape index (κ2) is 9.65. The van der Waals surface area contributed by atoms with Crippen molar-refractivity contribution in [1.29, 1.82) is 0 Å². The van der Waals surface area contributed by atoms with E-state index in [1.807, 2.05) is 38.1 Å². The number of nitrogens with one attached hydrogen (secondary N) is 1. The van der Waals surface area contributed by atoms with Gasteiger partial charge in [-0.05, 0) is 56.5 Å². The molecule has 34 heavy (non-hydrogen) atoms. The fourth-order valence-corrected chi connectivity index (χ4v) is 6.01. The zero-order chi connectivity index (χ0) is 24.5. The highest BCUT2D eigenvalue weighted by molar-refractivity contribution is 7.89. The summed E-state index contributed by atoms with van der Waals surface area (Å²) < 4.78 is 42.9. The van der Waals surface area contributed by atoms with E-state index in [0.717, 1.165) is 34.1 Å². The lowest BCUT2D eigenvalue weighted by molar-refractivity contribution is 0.0519. The number of hydrogen-bond acceptors (Lipinski definition) is 7. The molecule has 8 nitrogen and oxygen atoms in total. The second-order valence-corrected chi connectivity index (χ2v) is 10.5. The van der Waals surface area contributed by atoms with Crippen molar-refractivity contribution in [3.8, 4) is 0 Å². The Balaban J connectivity index is 1.79. The van der Waals surface area contributed by atoms with Crippen LogP contribution in [0.4, 0.5) is 0 Å². The van der Waals surface area contributed by atoms with Gasteiger partial charge in [0.2, 0.25) is 10.0 Å². The van der Waals surface area contributed by atoms with Crippen molar-refractivity contribution < 1.29 is 17.9 Å². The van der Waals surface area contributed by atoms with Crippen LogP contribution in [0.5, 0.6) is 0 Å². The largest absolute Gasteiger partial charge is 0.461 e. The highest BCUT2D eigenvalue weighted by Gasteiger charge is 2.30. The fourth-order valence-electron chi connectivity index (χ4n) is 3.86. The van der Waals surface area contributed by atoms with E-state index in [1.165, 1.54) is 4.31 Å². The number of carbonyl (C=O) groups is 1. The standard InChI is InChI=1S/C24H26N4O4S2/c1-5-32-24(29)22-16(3)19(17(4)25-22)14-28(13-18-11-9-15(2)10-12-18)34(30,31)21-8-6-7-20-23(21)27-33-26-20/h6-12,25H,5,13-14H2,1-4H3. The van der Waals surface area contributed by atoms with Gasteiger partial charge in [0.1, 0.15) is 21.6 Å². The first-order chi connectivity index (χ1) is 16.2. The van der Waals surface area contributed by atoms with Gasteiger partial charge in [-0.15, -0.1) is 0 Å². The minimum Gasteiger partial charge on any atom is -0.461 e. The molecular formula is C24H26N4O4S2. The van der Waals surface area contributed by atoms with Crippen molar-refractivity contribution >= 4 is 38.8 Å². The molecule has 0 saturated heterocycles. The van der Waals surface area contributed by atoms with Crippen molar-refractivity contribution in [3.05, 3.63) is 76.1 Å². The minimum atomic E-state index is -3.95. The van der Waals surface area contributed by atoms with Crippen molar-refractivity contribution in [2.45, 2.75) is 45.7 Å². The lowest BCUT2D eigenvalue weighted by Gasteiger charge is -2.23. The molecule has 10 heteroatoms. The lowest BCUT2D eigenvalue weighted by Crippen LogP contribution is -2.31. The topological polar surface area (TPSA) is 105 Å². The van der Waals surface area contributed by atoms with Crippen LogP contribution in [0, 0.1) is 20.8 Å². The van der Waals surface area contributed by atoms with Crippen LogP contribution in [0.3, 0.4) is 0 Å². The molecule has 2 aromatic carbocycles. The van der Waals surface area contributed by atoms with Gasteiger partial charge in [-0.25, -0.2) is 13.2 Å². The maximum Gasteiger partial charge on any atom is 0.355 e. The molecule has 0 radical (unpaired) electrons. The Morgan fingerprint density at radius 1 is 1.06 bits per heavy atom. The third kappa shape index (κ3) is 4.61. The van der Waals surface area contributed by atoms with Crippen LogP contribution >= 0.6 is 11.7 Å². The molecule has 2 heterocycles. The summed E-state index contributed by atoms with van der Waals surface area (Å²) >= 11 is 0.981. The number of fused-ring (bicyclic) bond motifs is 1. The Morgan fingerprint density at radius 2 is 1.79 bits per heavy atom. The molecule has 0 atom stereocenters. The first-order valence-electron chi connectivity index (χ1n) is 10.8. The molecule has 2 aromatic heterocycles. The van der Waals surface area contributed by atoms with Gasteiger partial charge in [0, 0.05) is 18.8 Å². The predicted molar refractivity (Wildman–Crippen MR) is 131 cm³/mol. The molecule has 4 rings (SSSR count). The number of rotatable bonds is 8. The number of aromatic nitrogens is 3. The normalized spacial score (nSPS) is 11.9. The molecule has 0 saturated carbocycles. The van der Waals surface area contributed by atoms with Gasteiger partial charge >= 0.3 is 5.97 Å². The minimum absolute atomic E-state index is 0.0811. The molecule has 0 unspecified atom stereocenters. The number of H-pyrrole nitrogens is 1. The van der Waals surface area contributed by atoms with E-state index in [0.29, 0.717) is 22.3 Å². The molecule has 0 aliphatic carbocycles. The SMILES string of the molecule is CCOC(=O)c1[nH]c(C)c(CN(Cc2ccc(C)cc2)S(=O)(=O)c2cccc3nsnc23)c1C. The zero-order valence-corrected chi connectivity index (χ0v) is 21.1. The summed E-state index contributed by atoms with van der Waals surface area (Å²) in [6.45, 7) is 7.85. The molecule has 0 aliphatic heterocycles. The summed E-state index contributed by atoms with van der Waals surface area (Å²) in [6.07, 6.45) is 0. The van der Waals surface area contributed by atoms with Gasteiger partial charge in [0.25, 0.3) is 0 Å². The highest BCUT2D eigenvalue weighted by Crippen LogP contribution is 2.29. The molecule has 178 valence electrons. The van der Waals surface area contributed by atoms with Crippen molar-refractivity contribution in [3.63, 3.8) is 0 Å². The average Bonchev–Trinajstić information content (AvgIpc) is 3.39. The van der Waals surface area contributed by atoms with Crippen LogP contribution < -0.4 is 0 Å². The zero-order valence-electron chi connectivity index (χ0n) is 19.5. The number of sulfonamides is 1. The number of esters is 1. The number of aryl methyl sites for hydroxylation is 2. The van der Waals surface area contributed by atoms with Crippen LogP contribution in [0.2, 0.25) is 0 Å². The summed E-state index contributed by atoms with van der Waals surface area (Å²) in [5, 5.41) is 0. The Morgan fingerprint density at radius 3 is 2.50 bits per heavy atom. The molecule has 0 spiro atoms. The summed E-state index contributed by atoms with van der Waals surface area (Å²) in [6, 6.07) is 12.7. The van der Waals surface area contributed by atoms with Crippen molar-refractivity contribution in [2.75, 3.05) is 6.61 Å². The molecule has 0 fully saturated rings. The molecular weight excluding hydrogens is 472 g/mol. The number of hydrogen-bond donors (Lipinski definition) is 1.